The maximum Gasteiger partial charge on any atom is 0.330 e. The first-order valence-corrected chi connectivity index (χ1v) is 5.58. The van der Waals surface area contributed by atoms with Gasteiger partial charge in [0.05, 0.1) is 12.8 Å². The molecular weight excluding hydrogens is 234 g/mol. The van der Waals surface area contributed by atoms with Crippen molar-refractivity contribution in [2.75, 3.05) is 6.61 Å². The molecule has 0 fully saturated rings. The molecule has 0 bridgehead atoms. The van der Waals surface area contributed by atoms with Crippen molar-refractivity contribution in [1.82, 2.24) is 14.2 Å². The highest BCUT2D eigenvalue weighted by Gasteiger charge is 2.01. The van der Waals surface area contributed by atoms with E-state index in [0.717, 1.165) is 0 Å². The van der Waals surface area contributed by atoms with E-state index in [1.807, 2.05) is 0 Å². The van der Waals surface area contributed by atoms with E-state index in [9.17, 15) is 9.59 Å². The maximum absolute atomic E-state index is 11.9. The van der Waals surface area contributed by atoms with Crippen molar-refractivity contribution in [3.05, 3.63) is 47.2 Å². The zero-order valence-electron chi connectivity index (χ0n) is 9.94. The number of allylic oxidation sites excluding steroid dienone is 1. The van der Waals surface area contributed by atoms with Gasteiger partial charge in [-0.1, -0.05) is 6.08 Å². The van der Waals surface area contributed by atoms with Gasteiger partial charge < -0.3 is 9.30 Å². The molecule has 0 amide bonds. The molecule has 2 aromatic heterocycles. The molecule has 0 saturated carbocycles. The second-order valence-electron chi connectivity index (χ2n) is 3.57. The summed E-state index contributed by atoms with van der Waals surface area (Å²) >= 11 is 0. The number of aromatic nitrogens is 3. The number of fused-ring (bicyclic) bond motifs is 1. The standard InChI is InChI=1S/C12H13N3O3/c1-2-18-11(16)4-3-7-14-8-9-15-10(12(14)17)5-6-13-15/h3-6,8-9H,2,7H2,1H3/b4-3+. The van der Waals surface area contributed by atoms with Crippen LogP contribution in [0.2, 0.25) is 0 Å². The molecule has 6 nitrogen and oxygen atoms in total. The number of carbonyl (C=O) groups is 1. The van der Waals surface area contributed by atoms with E-state index in [1.165, 1.54) is 15.2 Å². The minimum absolute atomic E-state index is 0.150. The Bertz CT molecular complexity index is 639. The van der Waals surface area contributed by atoms with E-state index in [4.69, 9.17) is 4.74 Å². The molecule has 2 heterocycles. The number of nitrogens with zero attached hydrogens (tertiary/aromatic N) is 3. The van der Waals surface area contributed by atoms with Crippen LogP contribution in [0.5, 0.6) is 0 Å². The number of carbonyl (C=O) groups excluding carboxylic acids is 1. The summed E-state index contributed by atoms with van der Waals surface area (Å²) in [4.78, 5) is 23.0. The summed E-state index contributed by atoms with van der Waals surface area (Å²) in [6.45, 7) is 2.40. The summed E-state index contributed by atoms with van der Waals surface area (Å²) < 4.78 is 7.74. The molecule has 0 aliphatic carbocycles. The molecule has 0 spiro atoms. The number of esters is 1. The third-order valence-corrected chi connectivity index (χ3v) is 2.38. The van der Waals surface area contributed by atoms with Crippen LogP contribution in [-0.4, -0.2) is 26.8 Å². The van der Waals surface area contributed by atoms with Gasteiger partial charge in [0.2, 0.25) is 0 Å². The highest BCUT2D eigenvalue weighted by Crippen LogP contribution is 1.94. The van der Waals surface area contributed by atoms with Crippen LogP contribution in [0.4, 0.5) is 0 Å². The molecule has 0 radical (unpaired) electrons. The Morgan fingerprint density at radius 2 is 2.33 bits per heavy atom. The summed E-state index contributed by atoms with van der Waals surface area (Å²) in [7, 11) is 0. The fourth-order valence-electron chi connectivity index (χ4n) is 1.56. The molecule has 18 heavy (non-hydrogen) atoms. The van der Waals surface area contributed by atoms with Crippen molar-refractivity contribution in [1.29, 1.82) is 0 Å². The normalized spacial score (nSPS) is 11.2. The quantitative estimate of drug-likeness (QED) is 0.586. The summed E-state index contributed by atoms with van der Waals surface area (Å²) in [5, 5.41) is 3.96. The van der Waals surface area contributed by atoms with Crippen LogP contribution < -0.4 is 5.56 Å². The van der Waals surface area contributed by atoms with Crippen molar-refractivity contribution < 1.29 is 9.53 Å². The summed E-state index contributed by atoms with van der Waals surface area (Å²) in [6.07, 6.45) is 7.78. The van der Waals surface area contributed by atoms with Crippen molar-refractivity contribution >= 4 is 11.5 Å². The first-order valence-electron chi connectivity index (χ1n) is 5.58. The molecule has 0 aliphatic rings. The van der Waals surface area contributed by atoms with Gasteiger partial charge in [-0.3, -0.25) is 4.79 Å². The average Bonchev–Trinajstić information content (AvgIpc) is 2.81. The molecule has 0 atom stereocenters. The number of ether oxygens (including phenoxy) is 1. The zero-order chi connectivity index (χ0) is 13.0. The minimum atomic E-state index is -0.407. The van der Waals surface area contributed by atoms with Crippen molar-refractivity contribution in [2.24, 2.45) is 0 Å². The van der Waals surface area contributed by atoms with E-state index >= 15 is 0 Å². The van der Waals surface area contributed by atoms with Crippen molar-refractivity contribution in [2.45, 2.75) is 13.5 Å². The average molecular weight is 247 g/mol. The zero-order valence-corrected chi connectivity index (χ0v) is 9.94. The van der Waals surface area contributed by atoms with Crippen LogP contribution in [0.15, 0.2) is 41.6 Å². The van der Waals surface area contributed by atoms with Crippen LogP contribution >= 0.6 is 0 Å². The Morgan fingerprint density at radius 1 is 1.50 bits per heavy atom. The van der Waals surface area contributed by atoms with E-state index in [0.29, 0.717) is 18.7 Å². The Balaban J connectivity index is 2.15. The van der Waals surface area contributed by atoms with Crippen LogP contribution in [0.3, 0.4) is 0 Å². The second-order valence-corrected chi connectivity index (χ2v) is 3.57. The van der Waals surface area contributed by atoms with Crippen LogP contribution in [-0.2, 0) is 16.1 Å². The largest absolute Gasteiger partial charge is 0.463 e. The lowest BCUT2D eigenvalue weighted by atomic mass is 10.4. The fraction of sp³-hybridized carbons (Fsp3) is 0.250. The highest BCUT2D eigenvalue weighted by molar-refractivity contribution is 5.81. The van der Waals surface area contributed by atoms with Gasteiger partial charge in [-0.2, -0.15) is 5.10 Å². The topological polar surface area (TPSA) is 65.6 Å². The van der Waals surface area contributed by atoms with Gasteiger partial charge >= 0.3 is 5.97 Å². The van der Waals surface area contributed by atoms with E-state index in [-0.39, 0.29) is 5.56 Å². The van der Waals surface area contributed by atoms with E-state index < -0.39 is 5.97 Å². The van der Waals surface area contributed by atoms with E-state index in [1.54, 1.807) is 37.7 Å². The number of rotatable bonds is 4. The Morgan fingerprint density at radius 3 is 3.11 bits per heavy atom. The smallest absolute Gasteiger partial charge is 0.330 e. The first-order chi connectivity index (χ1) is 8.72. The lowest BCUT2D eigenvalue weighted by Gasteiger charge is -2.02. The molecule has 2 aromatic rings. The van der Waals surface area contributed by atoms with Crippen LogP contribution in [0.1, 0.15) is 6.92 Å². The Hall–Kier alpha value is -2.37. The Kier molecular flexibility index (Phi) is 3.57. The number of hydrogen-bond donors (Lipinski definition) is 0. The molecule has 2 rings (SSSR count). The molecule has 0 saturated heterocycles. The van der Waals surface area contributed by atoms with Gasteiger partial charge in [0.25, 0.3) is 5.56 Å². The molecule has 0 unspecified atom stereocenters. The summed E-state index contributed by atoms with van der Waals surface area (Å²) in [5.74, 6) is -0.407. The predicted molar refractivity (Wildman–Crippen MR) is 65.2 cm³/mol. The third kappa shape index (κ3) is 2.48. The van der Waals surface area contributed by atoms with Crippen LogP contribution in [0.25, 0.3) is 5.52 Å². The molecule has 0 aromatic carbocycles. The van der Waals surface area contributed by atoms with Gasteiger partial charge in [0.1, 0.15) is 5.52 Å². The molecule has 6 heteroatoms. The number of hydrogen-bond acceptors (Lipinski definition) is 4. The maximum atomic E-state index is 11.9. The lowest BCUT2D eigenvalue weighted by Crippen LogP contribution is -2.20. The molecule has 94 valence electrons. The van der Waals surface area contributed by atoms with Gasteiger partial charge in [0.15, 0.2) is 0 Å². The molecular formula is C12H13N3O3. The van der Waals surface area contributed by atoms with E-state index in [2.05, 4.69) is 5.10 Å². The highest BCUT2D eigenvalue weighted by atomic mass is 16.5. The van der Waals surface area contributed by atoms with Gasteiger partial charge in [-0.05, 0) is 13.0 Å². The second kappa shape index (κ2) is 5.31. The Labute approximate surface area is 103 Å². The molecule has 0 N–H and O–H groups in total. The predicted octanol–water partition coefficient (Wildman–Crippen LogP) is 0.615. The van der Waals surface area contributed by atoms with Crippen LogP contribution in [0, 0.1) is 0 Å². The lowest BCUT2D eigenvalue weighted by molar-refractivity contribution is -0.137. The summed E-state index contributed by atoms with van der Waals surface area (Å²) in [6, 6.07) is 1.65. The van der Waals surface area contributed by atoms with Crippen molar-refractivity contribution in [3.63, 3.8) is 0 Å². The fourth-order valence-corrected chi connectivity index (χ4v) is 1.56. The van der Waals surface area contributed by atoms with Gasteiger partial charge in [0, 0.05) is 25.0 Å². The monoisotopic (exact) mass is 247 g/mol. The van der Waals surface area contributed by atoms with Gasteiger partial charge in [-0.15, -0.1) is 0 Å². The summed E-state index contributed by atoms with van der Waals surface area (Å²) in [5.41, 5.74) is 0.352. The first kappa shape index (κ1) is 12.1. The third-order valence-electron chi connectivity index (χ3n) is 2.38. The SMILES string of the molecule is CCOC(=O)/C=C/Cn1ccn2nccc2c1=O. The molecule has 0 aliphatic heterocycles. The van der Waals surface area contributed by atoms with Gasteiger partial charge in [-0.25, -0.2) is 9.31 Å². The minimum Gasteiger partial charge on any atom is -0.463 e. The van der Waals surface area contributed by atoms with Crippen molar-refractivity contribution in [3.8, 4) is 0 Å².